The van der Waals surface area contributed by atoms with Crippen LogP contribution in [0.2, 0.25) is 0 Å². The lowest BCUT2D eigenvalue weighted by molar-refractivity contribution is 0.520. The minimum atomic E-state index is 0. The van der Waals surface area contributed by atoms with E-state index in [1.54, 1.807) is 0 Å². The Bertz CT molecular complexity index is 64.4. The molecular formula is C10H26Cl2N2O. The van der Waals surface area contributed by atoms with E-state index in [0.29, 0.717) is 0 Å². The van der Waals surface area contributed by atoms with Gasteiger partial charge in [0.1, 0.15) is 0 Å². The van der Waals surface area contributed by atoms with Gasteiger partial charge >= 0.3 is 0 Å². The second-order valence-corrected chi connectivity index (χ2v) is 3.62. The highest BCUT2D eigenvalue weighted by atomic mass is 35.5. The van der Waals surface area contributed by atoms with E-state index in [2.05, 4.69) is 10.6 Å². The first-order valence-electron chi connectivity index (χ1n) is 5.41. The first kappa shape index (κ1) is 20.8. The van der Waals surface area contributed by atoms with Crippen LogP contribution in [0, 0.1) is 0 Å². The molecule has 0 unspecified atom stereocenters. The molecule has 15 heavy (non-hydrogen) atoms. The fourth-order valence-corrected chi connectivity index (χ4v) is 1.60. The predicted molar refractivity (Wildman–Crippen MR) is 71.6 cm³/mol. The second-order valence-electron chi connectivity index (χ2n) is 3.62. The van der Waals surface area contributed by atoms with Crippen molar-refractivity contribution in [1.29, 1.82) is 0 Å². The molecule has 96 valence electrons. The lowest BCUT2D eigenvalue weighted by Gasteiger charge is -2.08. The zero-order valence-electron chi connectivity index (χ0n) is 9.39. The molecule has 2 fully saturated rings. The molecule has 2 rings (SSSR count). The summed E-state index contributed by atoms with van der Waals surface area (Å²) in [5.74, 6) is 0. The van der Waals surface area contributed by atoms with E-state index in [4.69, 9.17) is 0 Å². The molecule has 2 aliphatic heterocycles. The molecule has 4 N–H and O–H groups in total. The Morgan fingerprint density at radius 3 is 0.800 bits per heavy atom. The highest BCUT2D eigenvalue weighted by Gasteiger charge is 1.94. The summed E-state index contributed by atoms with van der Waals surface area (Å²) in [6, 6.07) is 0. The van der Waals surface area contributed by atoms with E-state index in [1.807, 2.05) is 0 Å². The van der Waals surface area contributed by atoms with Gasteiger partial charge in [-0.2, -0.15) is 0 Å². The van der Waals surface area contributed by atoms with Crippen molar-refractivity contribution in [2.24, 2.45) is 0 Å². The normalized spacial score (nSPS) is 19.2. The molecule has 0 aromatic heterocycles. The van der Waals surface area contributed by atoms with Crippen molar-refractivity contribution in [3.05, 3.63) is 0 Å². The second kappa shape index (κ2) is 16.9. The van der Waals surface area contributed by atoms with Gasteiger partial charge in [0.15, 0.2) is 0 Å². The molecule has 0 saturated carbocycles. The number of halogens is 2. The van der Waals surface area contributed by atoms with Gasteiger partial charge in [0.05, 0.1) is 0 Å². The fraction of sp³-hybridized carbons (Fsp3) is 1.00. The van der Waals surface area contributed by atoms with Crippen molar-refractivity contribution in [3.63, 3.8) is 0 Å². The summed E-state index contributed by atoms with van der Waals surface area (Å²) in [4.78, 5) is 0. The molecule has 0 amide bonds. The summed E-state index contributed by atoms with van der Waals surface area (Å²) in [6.45, 7) is 5.00. The molecule has 3 nitrogen and oxygen atoms in total. The van der Waals surface area contributed by atoms with Gasteiger partial charge in [-0.25, -0.2) is 0 Å². The molecule has 2 aliphatic rings. The van der Waals surface area contributed by atoms with Gasteiger partial charge in [-0.3, -0.25) is 0 Å². The maximum Gasteiger partial charge on any atom is -0.00489 e. The molecule has 0 radical (unpaired) electrons. The molecule has 0 aromatic carbocycles. The summed E-state index contributed by atoms with van der Waals surface area (Å²) in [6.07, 6.45) is 8.43. The Balaban J connectivity index is -0.000000160. The molecule has 0 atom stereocenters. The number of hydrogen-bond acceptors (Lipinski definition) is 2. The molecule has 0 bridgehead atoms. The molecule has 5 heteroatoms. The quantitative estimate of drug-likeness (QED) is 0.695. The summed E-state index contributed by atoms with van der Waals surface area (Å²) in [5.41, 5.74) is 0. The highest BCUT2D eigenvalue weighted by molar-refractivity contribution is 5.85. The number of piperidine rings is 2. The number of nitrogens with one attached hydrogen (secondary N) is 2. The zero-order chi connectivity index (χ0) is 8.49. The van der Waals surface area contributed by atoms with Gasteiger partial charge < -0.3 is 16.1 Å². The Hall–Kier alpha value is 0.460. The lowest BCUT2D eigenvalue weighted by atomic mass is 10.2. The van der Waals surface area contributed by atoms with Crippen molar-refractivity contribution in [2.45, 2.75) is 38.5 Å². The third-order valence-corrected chi connectivity index (χ3v) is 2.41. The van der Waals surface area contributed by atoms with Crippen LogP contribution in [0.1, 0.15) is 38.5 Å². The van der Waals surface area contributed by atoms with Crippen LogP contribution in [0.3, 0.4) is 0 Å². The standard InChI is InChI=1S/2C5H11N.2ClH.H2O/c2*1-2-4-6-5-3-1;;;/h2*6H,1-5H2;2*1H;1H2. The number of rotatable bonds is 0. The van der Waals surface area contributed by atoms with Crippen molar-refractivity contribution in [1.82, 2.24) is 10.6 Å². The zero-order valence-corrected chi connectivity index (χ0v) is 11.0. The summed E-state index contributed by atoms with van der Waals surface area (Å²) >= 11 is 0. The molecule has 2 heterocycles. The van der Waals surface area contributed by atoms with Crippen LogP contribution in [0.15, 0.2) is 0 Å². The van der Waals surface area contributed by atoms with E-state index in [9.17, 15) is 0 Å². The van der Waals surface area contributed by atoms with Gasteiger partial charge in [0.2, 0.25) is 0 Å². The van der Waals surface area contributed by atoms with E-state index in [-0.39, 0.29) is 30.3 Å². The minimum absolute atomic E-state index is 0. The molecule has 2 saturated heterocycles. The molecular weight excluding hydrogens is 235 g/mol. The lowest BCUT2D eigenvalue weighted by Crippen LogP contribution is -2.21. The van der Waals surface area contributed by atoms with Gasteiger partial charge in [-0.1, -0.05) is 12.8 Å². The third kappa shape index (κ3) is 14.5. The van der Waals surface area contributed by atoms with Crippen LogP contribution in [-0.2, 0) is 0 Å². The van der Waals surface area contributed by atoms with Crippen LogP contribution in [-0.4, -0.2) is 31.7 Å². The smallest absolute Gasteiger partial charge is 0.00489 e. The Morgan fingerprint density at radius 1 is 0.467 bits per heavy atom. The SMILES string of the molecule is C1CCNCC1.C1CCNCC1.Cl.Cl.O. The van der Waals surface area contributed by atoms with Crippen LogP contribution in [0.25, 0.3) is 0 Å². The largest absolute Gasteiger partial charge is 0.412 e. The van der Waals surface area contributed by atoms with E-state index < -0.39 is 0 Å². The van der Waals surface area contributed by atoms with E-state index >= 15 is 0 Å². The van der Waals surface area contributed by atoms with Gasteiger partial charge in [0.25, 0.3) is 0 Å². The van der Waals surface area contributed by atoms with Crippen molar-refractivity contribution >= 4 is 24.8 Å². The Labute approximate surface area is 106 Å². The molecule has 0 aliphatic carbocycles. The third-order valence-electron chi connectivity index (χ3n) is 2.41. The first-order chi connectivity index (χ1) is 6.00. The highest BCUT2D eigenvalue weighted by Crippen LogP contribution is 1.97. The summed E-state index contributed by atoms with van der Waals surface area (Å²) < 4.78 is 0. The topological polar surface area (TPSA) is 55.6 Å². The summed E-state index contributed by atoms with van der Waals surface area (Å²) in [7, 11) is 0. The average Bonchev–Trinajstić information content (AvgIpc) is 2.24. The van der Waals surface area contributed by atoms with E-state index in [0.717, 1.165) is 0 Å². The van der Waals surface area contributed by atoms with Crippen LogP contribution < -0.4 is 10.6 Å². The Morgan fingerprint density at radius 2 is 0.733 bits per heavy atom. The summed E-state index contributed by atoms with van der Waals surface area (Å²) in [5, 5.41) is 6.57. The molecule has 0 aromatic rings. The van der Waals surface area contributed by atoms with E-state index in [1.165, 1.54) is 64.7 Å². The average molecular weight is 261 g/mol. The van der Waals surface area contributed by atoms with Gasteiger partial charge in [0, 0.05) is 0 Å². The number of hydrogen-bond donors (Lipinski definition) is 2. The maximum absolute atomic E-state index is 3.28. The van der Waals surface area contributed by atoms with Gasteiger partial charge in [-0.05, 0) is 51.9 Å². The van der Waals surface area contributed by atoms with Crippen molar-refractivity contribution in [3.8, 4) is 0 Å². The van der Waals surface area contributed by atoms with Gasteiger partial charge in [-0.15, -0.1) is 24.8 Å². The fourth-order valence-electron chi connectivity index (χ4n) is 1.60. The minimum Gasteiger partial charge on any atom is -0.412 e. The van der Waals surface area contributed by atoms with Crippen LogP contribution in [0.4, 0.5) is 0 Å². The first-order valence-corrected chi connectivity index (χ1v) is 5.41. The maximum atomic E-state index is 3.28. The Kier molecular flexibility index (Phi) is 23.4. The molecule has 0 spiro atoms. The van der Waals surface area contributed by atoms with Crippen molar-refractivity contribution in [2.75, 3.05) is 26.2 Å². The monoisotopic (exact) mass is 260 g/mol. The van der Waals surface area contributed by atoms with Crippen LogP contribution >= 0.6 is 24.8 Å². The predicted octanol–water partition coefficient (Wildman–Crippen LogP) is 1.54. The van der Waals surface area contributed by atoms with Crippen LogP contribution in [0.5, 0.6) is 0 Å². The van der Waals surface area contributed by atoms with Crippen molar-refractivity contribution < 1.29 is 5.48 Å².